The highest BCUT2D eigenvalue weighted by molar-refractivity contribution is 7.99. The number of carboxylic acids is 1. The lowest BCUT2D eigenvalue weighted by Crippen LogP contribution is -2.36. The summed E-state index contributed by atoms with van der Waals surface area (Å²) in [5.74, 6) is 0.672. The summed E-state index contributed by atoms with van der Waals surface area (Å²) in [5, 5.41) is 28.7. The Bertz CT molecular complexity index is 833. The Balaban J connectivity index is 1.85. The van der Waals surface area contributed by atoms with Crippen LogP contribution in [-0.2, 0) is 10.2 Å². The largest absolute Gasteiger partial charge is 0.508 e. The molecule has 0 fully saturated rings. The molecule has 4 nitrogen and oxygen atoms in total. The van der Waals surface area contributed by atoms with Crippen LogP contribution in [0.2, 0.25) is 0 Å². The van der Waals surface area contributed by atoms with E-state index in [0.29, 0.717) is 6.42 Å². The Morgan fingerprint density at radius 1 is 1.14 bits per heavy atom. The third-order valence-electron chi connectivity index (χ3n) is 6.00. The van der Waals surface area contributed by atoms with Crippen LogP contribution in [0.1, 0.15) is 56.6 Å². The number of fused-ring (bicyclic) bond motifs is 1. The molecule has 0 spiro atoms. The van der Waals surface area contributed by atoms with Crippen LogP contribution >= 0.6 is 11.8 Å². The van der Waals surface area contributed by atoms with Gasteiger partial charge in [0.25, 0.3) is 0 Å². The van der Waals surface area contributed by atoms with E-state index in [0.717, 1.165) is 29.9 Å². The second-order valence-electron chi connectivity index (χ2n) is 8.05. The molecule has 0 amide bonds. The molecule has 28 heavy (non-hydrogen) atoms. The zero-order chi connectivity index (χ0) is 20.3. The first kappa shape index (κ1) is 20.6. The Labute approximate surface area is 170 Å². The van der Waals surface area contributed by atoms with Gasteiger partial charge in [0.15, 0.2) is 0 Å². The van der Waals surface area contributed by atoms with E-state index >= 15 is 0 Å². The minimum atomic E-state index is -0.733. The lowest BCUT2D eigenvalue weighted by atomic mass is 9.68. The summed E-state index contributed by atoms with van der Waals surface area (Å²) in [7, 11) is 0. The maximum Gasteiger partial charge on any atom is 0.306 e. The molecule has 0 aliphatic carbocycles. The summed E-state index contributed by atoms with van der Waals surface area (Å²) >= 11 is 1.76. The van der Waals surface area contributed by atoms with Gasteiger partial charge in [-0.05, 0) is 54.2 Å². The number of unbranched alkanes of at least 4 members (excludes halogenated alkanes) is 1. The maximum atomic E-state index is 11.1. The van der Waals surface area contributed by atoms with E-state index in [1.807, 2.05) is 24.3 Å². The molecule has 0 saturated carbocycles. The Morgan fingerprint density at radius 2 is 1.82 bits per heavy atom. The van der Waals surface area contributed by atoms with Crippen LogP contribution in [0.15, 0.2) is 47.4 Å². The highest BCUT2D eigenvalue weighted by Crippen LogP contribution is 2.52. The first-order valence-electron chi connectivity index (χ1n) is 9.79. The SMILES string of the molecule is CC(CCCCC1c2ccc(O)cc2SCC1(C)c1ccc(O)cc1)C(=O)O. The van der Waals surface area contributed by atoms with Gasteiger partial charge in [0, 0.05) is 16.1 Å². The molecule has 3 unspecified atom stereocenters. The second-order valence-corrected chi connectivity index (χ2v) is 9.07. The average molecular weight is 401 g/mol. The standard InChI is InChI=1S/C23H28O4S/c1-15(22(26)27)5-3-4-6-20-19-12-11-18(25)13-21(19)28-14-23(20,2)16-7-9-17(24)10-8-16/h7-13,15,20,24-25H,3-6,14H2,1-2H3,(H,26,27). The van der Waals surface area contributed by atoms with Gasteiger partial charge in [0.2, 0.25) is 0 Å². The minimum Gasteiger partial charge on any atom is -0.508 e. The third-order valence-corrected chi connectivity index (χ3v) is 7.41. The average Bonchev–Trinajstić information content (AvgIpc) is 2.66. The molecule has 1 heterocycles. The molecule has 0 aromatic heterocycles. The predicted molar refractivity (Wildman–Crippen MR) is 112 cm³/mol. The highest BCUT2D eigenvalue weighted by Gasteiger charge is 2.41. The molecule has 0 radical (unpaired) electrons. The quantitative estimate of drug-likeness (QED) is 0.533. The van der Waals surface area contributed by atoms with Crippen molar-refractivity contribution in [3.63, 3.8) is 0 Å². The minimum absolute atomic E-state index is 0.0965. The van der Waals surface area contributed by atoms with Crippen LogP contribution in [-0.4, -0.2) is 27.0 Å². The van der Waals surface area contributed by atoms with Gasteiger partial charge in [-0.1, -0.05) is 44.9 Å². The number of carboxylic acid groups (broad SMARTS) is 1. The highest BCUT2D eigenvalue weighted by atomic mass is 32.2. The summed E-state index contributed by atoms with van der Waals surface area (Å²) in [5.41, 5.74) is 2.34. The Morgan fingerprint density at radius 3 is 2.50 bits per heavy atom. The van der Waals surface area contributed by atoms with Gasteiger partial charge >= 0.3 is 5.97 Å². The number of hydrogen-bond acceptors (Lipinski definition) is 4. The third kappa shape index (κ3) is 4.30. The van der Waals surface area contributed by atoms with Crippen molar-refractivity contribution in [2.24, 2.45) is 5.92 Å². The van der Waals surface area contributed by atoms with Crippen molar-refractivity contribution in [1.82, 2.24) is 0 Å². The molecule has 0 saturated heterocycles. The second kappa shape index (κ2) is 8.48. The van der Waals surface area contributed by atoms with Crippen molar-refractivity contribution in [2.45, 2.75) is 55.8 Å². The van der Waals surface area contributed by atoms with Crippen molar-refractivity contribution < 1.29 is 20.1 Å². The van der Waals surface area contributed by atoms with E-state index < -0.39 is 5.97 Å². The van der Waals surface area contributed by atoms with Crippen molar-refractivity contribution in [3.05, 3.63) is 53.6 Å². The fourth-order valence-electron chi connectivity index (χ4n) is 4.13. The van der Waals surface area contributed by atoms with E-state index in [1.54, 1.807) is 36.9 Å². The molecule has 3 N–H and O–H groups in total. The van der Waals surface area contributed by atoms with E-state index in [4.69, 9.17) is 5.11 Å². The van der Waals surface area contributed by atoms with Gasteiger partial charge in [0.05, 0.1) is 5.92 Å². The van der Waals surface area contributed by atoms with Gasteiger partial charge in [-0.15, -0.1) is 11.8 Å². The summed E-state index contributed by atoms with van der Waals surface area (Å²) in [6, 6.07) is 13.1. The molecule has 1 aliphatic rings. The molecule has 0 bridgehead atoms. The van der Waals surface area contributed by atoms with Crippen molar-refractivity contribution in [3.8, 4) is 11.5 Å². The number of aromatic hydroxyl groups is 2. The number of phenolic OH excluding ortho intramolecular Hbond substituents is 2. The summed E-state index contributed by atoms with van der Waals surface area (Å²) in [4.78, 5) is 12.2. The zero-order valence-electron chi connectivity index (χ0n) is 16.4. The Kier molecular flexibility index (Phi) is 6.23. The van der Waals surface area contributed by atoms with Crippen molar-refractivity contribution >= 4 is 17.7 Å². The zero-order valence-corrected chi connectivity index (χ0v) is 17.2. The molecule has 3 rings (SSSR count). The van der Waals surface area contributed by atoms with Crippen LogP contribution < -0.4 is 0 Å². The van der Waals surface area contributed by atoms with Gasteiger partial charge < -0.3 is 15.3 Å². The number of rotatable bonds is 7. The topological polar surface area (TPSA) is 77.8 Å². The predicted octanol–water partition coefficient (Wildman–Crippen LogP) is 5.53. The van der Waals surface area contributed by atoms with Gasteiger partial charge in [-0.25, -0.2) is 0 Å². The molecule has 1 aliphatic heterocycles. The van der Waals surface area contributed by atoms with Gasteiger partial charge in [0.1, 0.15) is 11.5 Å². The first-order valence-corrected chi connectivity index (χ1v) is 10.8. The molecule has 5 heteroatoms. The van der Waals surface area contributed by atoms with Crippen LogP contribution in [0.3, 0.4) is 0 Å². The number of phenols is 2. The van der Waals surface area contributed by atoms with Crippen molar-refractivity contribution in [1.29, 1.82) is 0 Å². The summed E-state index contributed by atoms with van der Waals surface area (Å²) in [6.45, 7) is 4.03. The van der Waals surface area contributed by atoms with Crippen LogP contribution in [0.4, 0.5) is 0 Å². The Hall–Kier alpha value is -2.14. The lowest BCUT2D eigenvalue weighted by molar-refractivity contribution is -0.141. The number of thioether (sulfide) groups is 1. The van der Waals surface area contributed by atoms with E-state index in [9.17, 15) is 15.0 Å². The molecule has 150 valence electrons. The van der Waals surface area contributed by atoms with Crippen LogP contribution in [0.25, 0.3) is 0 Å². The summed E-state index contributed by atoms with van der Waals surface area (Å²) < 4.78 is 0. The number of aliphatic carboxylic acids is 1. The molecule has 2 aromatic rings. The van der Waals surface area contributed by atoms with Crippen molar-refractivity contribution in [2.75, 3.05) is 5.75 Å². The molecular formula is C23H28O4S. The van der Waals surface area contributed by atoms with Gasteiger partial charge in [-0.2, -0.15) is 0 Å². The maximum absolute atomic E-state index is 11.1. The fourth-order valence-corrected chi connectivity index (χ4v) is 5.53. The first-order chi connectivity index (χ1) is 13.3. The smallest absolute Gasteiger partial charge is 0.306 e. The summed E-state index contributed by atoms with van der Waals surface area (Å²) in [6.07, 6.45) is 3.49. The van der Waals surface area contributed by atoms with E-state index in [-0.39, 0.29) is 28.7 Å². The number of carbonyl (C=O) groups is 1. The molecular weight excluding hydrogens is 372 g/mol. The molecule has 3 atom stereocenters. The van der Waals surface area contributed by atoms with Crippen LogP contribution in [0.5, 0.6) is 11.5 Å². The van der Waals surface area contributed by atoms with Gasteiger partial charge in [-0.3, -0.25) is 4.79 Å². The normalized spacial score (nSPS) is 22.4. The van der Waals surface area contributed by atoms with Crippen LogP contribution in [0, 0.1) is 5.92 Å². The number of benzene rings is 2. The molecule has 2 aromatic carbocycles. The fraction of sp³-hybridized carbons (Fsp3) is 0.435. The van der Waals surface area contributed by atoms with E-state index in [2.05, 4.69) is 6.92 Å². The van der Waals surface area contributed by atoms with E-state index in [1.165, 1.54) is 11.1 Å². The lowest BCUT2D eigenvalue weighted by Gasteiger charge is -2.43. The monoisotopic (exact) mass is 400 g/mol. The number of hydrogen-bond donors (Lipinski definition) is 3.